The highest BCUT2D eigenvalue weighted by molar-refractivity contribution is 6.16. The number of unbranched alkanes of at least 4 members (excludes halogenated alkanes) is 1. The van der Waals surface area contributed by atoms with Gasteiger partial charge in [0.1, 0.15) is 11.4 Å². The number of fused-ring (bicyclic) bond motifs is 3. The first kappa shape index (κ1) is 20.5. The van der Waals surface area contributed by atoms with E-state index in [2.05, 4.69) is 6.92 Å². The number of aliphatic hydroxyl groups excluding tert-OH is 1. The van der Waals surface area contributed by atoms with Gasteiger partial charge in [-0.1, -0.05) is 19.4 Å². The Hall–Kier alpha value is -3.22. The number of benzene rings is 1. The molecule has 1 aromatic carbocycles. The van der Waals surface area contributed by atoms with Crippen LogP contribution in [0, 0.1) is 0 Å². The average Bonchev–Trinajstić information content (AvgIpc) is 3.05. The lowest BCUT2D eigenvalue weighted by molar-refractivity contribution is 0.0603. The van der Waals surface area contributed by atoms with Crippen LogP contribution in [0.3, 0.4) is 0 Å². The van der Waals surface area contributed by atoms with Crippen LogP contribution in [-0.4, -0.2) is 41.4 Å². The molecular weight excluding hydrogens is 370 g/mol. The number of carbonyl (C=O) groups excluding carboxylic acids is 1. The van der Waals surface area contributed by atoms with Crippen LogP contribution >= 0.6 is 0 Å². The van der Waals surface area contributed by atoms with E-state index in [1.807, 2.05) is 41.8 Å². The van der Waals surface area contributed by atoms with E-state index in [1.54, 1.807) is 17.7 Å². The fourth-order valence-electron chi connectivity index (χ4n) is 3.89. The lowest BCUT2D eigenvalue weighted by Crippen LogP contribution is -2.20. The second-order valence-corrected chi connectivity index (χ2v) is 7.27. The summed E-state index contributed by atoms with van der Waals surface area (Å²) in [6, 6.07) is 5.62. The molecule has 0 bridgehead atoms. The highest BCUT2D eigenvalue weighted by atomic mass is 16.5. The maximum absolute atomic E-state index is 13.3. The molecule has 2 heterocycles. The third-order valence-electron chi connectivity index (χ3n) is 5.21. The Morgan fingerprint density at radius 2 is 2.03 bits per heavy atom. The van der Waals surface area contributed by atoms with Gasteiger partial charge in [0.05, 0.1) is 29.8 Å². The average molecular weight is 397 g/mol. The number of aryl methyl sites for hydroxylation is 2. The van der Waals surface area contributed by atoms with Gasteiger partial charge < -0.3 is 23.9 Å². The zero-order valence-corrected chi connectivity index (χ0v) is 17.5. The van der Waals surface area contributed by atoms with Crippen LogP contribution in [-0.2, 0) is 18.3 Å². The Morgan fingerprint density at radius 1 is 1.31 bits per heavy atom. The quantitative estimate of drug-likeness (QED) is 0.507. The van der Waals surface area contributed by atoms with Gasteiger partial charge in [0.25, 0.3) is 5.56 Å². The molecule has 2 aromatic heterocycles. The Morgan fingerprint density at radius 3 is 2.62 bits per heavy atom. The standard InChI is InChI=1S/C22H27N3O4/c1-6-7-11-25-19-15-13-14(10-12-26)8-9-16(15)24(4)21(27)17(19)18(22(28)29-5)20(25)23(2)3/h8-10,12-13,26H,6-7,11H2,1-5H3. The number of hydrogen-bond donors (Lipinski definition) is 1. The minimum Gasteiger partial charge on any atom is -0.516 e. The number of ether oxygens (including phenoxy) is 1. The van der Waals surface area contributed by atoms with Gasteiger partial charge in [-0.3, -0.25) is 4.79 Å². The molecular formula is C22H27N3O4. The number of esters is 1. The zero-order valence-electron chi connectivity index (χ0n) is 17.5. The van der Waals surface area contributed by atoms with E-state index in [-0.39, 0.29) is 11.1 Å². The topological polar surface area (TPSA) is 76.7 Å². The molecule has 154 valence electrons. The molecule has 0 aliphatic carbocycles. The van der Waals surface area contributed by atoms with E-state index in [0.717, 1.165) is 35.6 Å². The third kappa shape index (κ3) is 3.26. The Kier molecular flexibility index (Phi) is 5.68. The van der Waals surface area contributed by atoms with E-state index in [0.29, 0.717) is 23.3 Å². The minimum absolute atomic E-state index is 0.239. The van der Waals surface area contributed by atoms with Crippen molar-refractivity contribution in [2.75, 3.05) is 26.1 Å². The number of methoxy groups -OCH3 is 1. The summed E-state index contributed by atoms with van der Waals surface area (Å²) >= 11 is 0. The maximum Gasteiger partial charge on any atom is 0.342 e. The minimum atomic E-state index is -0.531. The summed E-state index contributed by atoms with van der Waals surface area (Å²) in [6.07, 6.45) is 4.45. The van der Waals surface area contributed by atoms with Crippen molar-refractivity contribution in [2.45, 2.75) is 26.3 Å². The highest BCUT2D eigenvalue weighted by Crippen LogP contribution is 2.35. The van der Waals surface area contributed by atoms with Crippen molar-refractivity contribution in [3.05, 3.63) is 45.9 Å². The second-order valence-electron chi connectivity index (χ2n) is 7.27. The molecule has 0 atom stereocenters. The van der Waals surface area contributed by atoms with Crippen molar-refractivity contribution in [1.29, 1.82) is 0 Å². The zero-order chi connectivity index (χ0) is 21.3. The number of aliphatic hydroxyl groups is 1. The van der Waals surface area contributed by atoms with Crippen LogP contribution in [0.2, 0.25) is 0 Å². The van der Waals surface area contributed by atoms with Crippen molar-refractivity contribution in [2.24, 2.45) is 7.05 Å². The van der Waals surface area contributed by atoms with Gasteiger partial charge in [0, 0.05) is 33.1 Å². The molecule has 0 amide bonds. The van der Waals surface area contributed by atoms with Crippen LogP contribution < -0.4 is 10.5 Å². The van der Waals surface area contributed by atoms with Crippen LogP contribution in [0.25, 0.3) is 27.9 Å². The predicted octanol–water partition coefficient (Wildman–Crippen LogP) is 3.67. The summed E-state index contributed by atoms with van der Waals surface area (Å²) < 4.78 is 8.65. The van der Waals surface area contributed by atoms with Crippen LogP contribution in [0.15, 0.2) is 29.3 Å². The van der Waals surface area contributed by atoms with Crippen LogP contribution in [0.1, 0.15) is 35.7 Å². The molecule has 0 saturated heterocycles. The van der Waals surface area contributed by atoms with E-state index in [4.69, 9.17) is 4.74 Å². The summed E-state index contributed by atoms with van der Waals surface area (Å²) in [4.78, 5) is 27.9. The second kappa shape index (κ2) is 8.03. The summed E-state index contributed by atoms with van der Waals surface area (Å²) in [5.41, 5.74) is 2.32. The number of hydrogen-bond acceptors (Lipinski definition) is 5. The largest absolute Gasteiger partial charge is 0.516 e. The van der Waals surface area contributed by atoms with Gasteiger partial charge in [-0.05, 0) is 30.2 Å². The van der Waals surface area contributed by atoms with E-state index < -0.39 is 5.97 Å². The number of nitrogens with zero attached hydrogens (tertiary/aromatic N) is 3. The number of carbonyl (C=O) groups is 1. The molecule has 1 N–H and O–H groups in total. The molecule has 3 aromatic rings. The number of rotatable bonds is 6. The molecule has 0 aliphatic rings. The number of anilines is 1. The number of pyridine rings is 1. The fraction of sp³-hybridized carbons (Fsp3) is 0.364. The normalized spacial score (nSPS) is 11.6. The summed E-state index contributed by atoms with van der Waals surface area (Å²) in [6.45, 7) is 2.77. The van der Waals surface area contributed by atoms with Gasteiger partial charge in [-0.25, -0.2) is 4.79 Å². The van der Waals surface area contributed by atoms with E-state index >= 15 is 0 Å². The molecule has 7 heteroatoms. The molecule has 0 aliphatic heterocycles. The van der Waals surface area contributed by atoms with Gasteiger partial charge in [0.2, 0.25) is 0 Å². The lowest BCUT2D eigenvalue weighted by Gasteiger charge is -2.19. The van der Waals surface area contributed by atoms with Crippen LogP contribution in [0.5, 0.6) is 0 Å². The van der Waals surface area contributed by atoms with Crippen molar-refractivity contribution in [1.82, 2.24) is 9.13 Å². The first-order chi connectivity index (χ1) is 13.9. The SMILES string of the molecule is CCCCn1c(N(C)C)c(C(=O)OC)c2c(=O)n(C)c3ccc(C=CO)cc3c21. The summed E-state index contributed by atoms with van der Waals surface area (Å²) in [5.74, 6) is 0.129. The smallest absolute Gasteiger partial charge is 0.342 e. The van der Waals surface area contributed by atoms with Gasteiger partial charge in [0.15, 0.2) is 0 Å². The number of aromatic nitrogens is 2. The molecule has 29 heavy (non-hydrogen) atoms. The van der Waals surface area contributed by atoms with E-state index in [1.165, 1.54) is 7.11 Å². The fourth-order valence-corrected chi connectivity index (χ4v) is 3.89. The Labute approximate surface area is 169 Å². The Bertz CT molecular complexity index is 1170. The molecule has 0 saturated carbocycles. The van der Waals surface area contributed by atoms with Crippen molar-refractivity contribution in [3.63, 3.8) is 0 Å². The molecule has 3 rings (SSSR count). The third-order valence-corrected chi connectivity index (χ3v) is 5.21. The molecule has 0 radical (unpaired) electrons. The molecule has 0 fully saturated rings. The monoisotopic (exact) mass is 397 g/mol. The van der Waals surface area contributed by atoms with Gasteiger partial charge in [-0.15, -0.1) is 0 Å². The predicted molar refractivity (Wildman–Crippen MR) is 117 cm³/mol. The molecule has 0 spiro atoms. The van der Waals surface area contributed by atoms with Crippen LogP contribution in [0.4, 0.5) is 5.82 Å². The van der Waals surface area contributed by atoms with Crippen molar-refractivity contribution < 1.29 is 14.6 Å². The maximum atomic E-state index is 13.3. The van der Waals surface area contributed by atoms with E-state index in [9.17, 15) is 14.7 Å². The van der Waals surface area contributed by atoms with Gasteiger partial charge in [-0.2, -0.15) is 0 Å². The molecule has 7 nitrogen and oxygen atoms in total. The first-order valence-electron chi connectivity index (χ1n) is 9.62. The van der Waals surface area contributed by atoms with Crippen molar-refractivity contribution in [3.8, 4) is 0 Å². The molecule has 0 unspecified atom stereocenters. The first-order valence-corrected chi connectivity index (χ1v) is 9.62. The highest BCUT2D eigenvalue weighted by Gasteiger charge is 2.29. The Balaban J connectivity index is 2.63. The van der Waals surface area contributed by atoms with Gasteiger partial charge >= 0.3 is 5.97 Å². The van der Waals surface area contributed by atoms with Crippen molar-refractivity contribution >= 4 is 39.7 Å². The lowest BCUT2D eigenvalue weighted by atomic mass is 10.1. The summed E-state index contributed by atoms with van der Waals surface area (Å²) in [5, 5.41) is 10.4. The summed E-state index contributed by atoms with van der Waals surface area (Å²) in [7, 11) is 6.74.